The van der Waals surface area contributed by atoms with Gasteiger partial charge in [-0.3, -0.25) is 0 Å². The fourth-order valence-corrected chi connectivity index (χ4v) is 1.22. The molecule has 84 valence electrons. The van der Waals surface area contributed by atoms with Crippen LogP contribution in [0.5, 0.6) is 5.75 Å². The number of benzene rings is 1. The van der Waals surface area contributed by atoms with Crippen molar-refractivity contribution in [1.29, 1.82) is 0 Å². The average Bonchev–Trinajstić information content (AvgIpc) is 2.15. The minimum absolute atomic E-state index is 0.0415. The van der Waals surface area contributed by atoms with E-state index in [0.29, 0.717) is 0 Å². The minimum atomic E-state index is -4.68. The van der Waals surface area contributed by atoms with Gasteiger partial charge >= 0.3 is 6.18 Å². The Labute approximate surface area is 85.3 Å². The monoisotopic (exact) mass is 220 g/mol. The second-order valence-electron chi connectivity index (χ2n) is 3.19. The summed E-state index contributed by atoms with van der Waals surface area (Å²) in [6.45, 7) is 1.73. The van der Waals surface area contributed by atoms with Gasteiger partial charge in [0.1, 0.15) is 5.75 Å². The molecule has 0 aliphatic carbocycles. The molecule has 1 unspecified atom stereocenters. The second-order valence-corrected chi connectivity index (χ2v) is 3.19. The summed E-state index contributed by atoms with van der Waals surface area (Å²) in [5.41, 5.74) is 0.501. The highest BCUT2D eigenvalue weighted by Crippen LogP contribution is 2.37. The predicted molar refractivity (Wildman–Crippen MR) is 48.7 cm³/mol. The van der Waals surface area contributed by atoms with E-state index in [1.54, 1.807) is 6.92 Å². The first-order chi connectivity index (χ1) is 6.86. The molecule has 1 atom stereocenters. The topological polar surface area (TPSA) is 29.5 Å². The molecular weight excluding hydrogens is 209 g/mol. The molecule has 1 rings (SSSR count). The van der Waals surface area contributed by atoms with Gasteiger partial charge in [-0.15, -0.1) is 0 Å². The molecule has 1 aromatic rings. The number of aliphatic hydroxyl groups excluding tert-OH is 1. The van der Waals surface area contributed by atoms with Crippen LogP contribution in [0.2, 0.25) is 0 Å². The molecule has 1 aromatic carbocycles. The third-order valence-electron chi connectivity index (χ3n) is 1.99. The minimum Gasteiger partial charge on any atom is -0.496 e. The van der Waals surface area contributed by atoms with Gasteiger partial charge in [0.2, 0.25) is 0 Å². The fourth-order valence-electron chi connectivity index (χ4n) is 1.22. The van der Waals surface area contributed by atoms with Crippen LogP contribution in [0.1, 0.15) is 17.2 Å². The first-order valence-corrected chi connectivity index (χ1v) is 4.25. The summed E-state index contributed by atoms with van der Waals surface area (Å²) in [5.74, 6) is 0.0415. The van der Waals surface area contributed by atoms with Gasteiger partial charge in [0.05, 0.1) is 7.11 Å². The van der Waals surface area contributed by atoms with Crippen LogP contribution in [0.4, 0.5) is 13.2 Å². The van der Waals surface area contributed by atoms with E-state index in [0.717, 1.165) is 5.56 Å². The van der Waals surface area contributed by atoms with Crippen molar-refractivity contribution in [3.63, 3.8) is 0 Å². The van der Waals surface area contributed by atoms with Gasteiger partial charge in [-0.05, 0) is 18.6 Å². The quantitative estimate of drug-likeness (QED) is 0.830. The predicted octanol–water partition coefficient (Wildman–Crippen LogP) is 2.60. The van der Waals surface area contributed by atoms with Gasteiger partial charge in [0, 0.05) is 5.56 Å². The summed E-state index contributed by atoms with van der Waals surface area (Å²) in [7, 11) is 1.27. The standard InChI is InChI=1S/C10H11F3O2/c1-6-3-4-7(8(5-6)15-2)9(14)10(11,12)13/h3-5,9,14H,1-2H3. The molecule has 0 radical (unpaired) electrons. The van der Waals surface area contributed by atoms with Crippen molar-refractivity contribution >= 4 is 0 Å². The number of methoxy groups -OCH3 is 1. The maximum absolute atomic E-state index is 12.2. The third kappa shape index (κ3) is 2.62. The Morgan fingerprint density at radius 1 is 1.33 bits per heavy atom. The van der Waals surface area contributed by atoms with Gasteiger partial charge in [-0.1, -0.05) is 12.1 Å². The van der Waals surface area contributed by atoms with Gasteiger partial charge < -0.3 is 9.84 Å². The van der Waals surface area contributed by atoms with Crippen molar-refractivity contribution in [1.82, 2.24) is 0 Å². The molecule has 0 aliphatic rings. The fraction of sp³-hybridized carbons (Fsp3) is 0.400. The highest BCUT2D eigenvalue weighted by atomic mass is 19.4. The summed E-state index contributed by atoms with van der Waals surface area (Å²) >= 11 is 0. The molecular formula is C10H11F3O2. The van der Waals surface area contributed by atoms with Gasteiger partial charge in [-0.2, -0.15) is 13.2 Å². The molecule has 0 amide bonds. The summed E-state index contributed by atoms with van der Waals surface area (Å²) in [4.78, 5) is 0. The summed E-state index contributed by atoms with van der Waals surface area (Å²) in [6.07, 6.45) is -7.18. The third-order valence-corrected chi connectivity index (χ3v) is 1.99. The zero-order valence-electron chi connectivity index (χ0n) is 8.30. The van der Waals surface area contributed by atoms with Gasteiger partial charge in [0.25, 0.3) is 0 Å². The Morgan fingerprint density at radius 3 is 2.40 bits per heavy atom. The Balaban J connectivity index is 3.14. The molecule has 0 spiro atoms. The van der Waals surface area contributed by atoms with Crippen molar-refractivity contribution in [3.8, 4) is 5.75 Å². The highest BCUT2D eigenvalue weighted by Gasteiger charge is 2.40. The van der Waals surface area contributed by atoms with Gasteiger partial charge in [0.15, 0.2) is 6.10 Å². The van der Waals surface area contributed by atoms with Crippen LogP contribution in [0.3, 0.4) is 0 Å². The largest absolute Gasteiger partial charge is 0.496 e. The van der Waals surface area contributed by atoms with Crippen LogP contribution < -0.4 is 4.74 Å². The molecule has 5 heteroatoms. The van der Waals surface area contributed by atoms with E-state index in [1.165, 1.54) is 25.3 Å². The lowest BCUT2D eigenvalue weighted by atomic mass is 10.1. The van der Waals surface area contributed by atoms with E-state index in [9.17, 15) is 13.2 Å². The lowest BCUT2D eigenvalue weighted by Gasteiger charge is -2.17. The zero-order chi connectivity index (χ0) is 11.6. The number of hydrogen-bond donors (Lipinski definition) is 1. The molecule has 0 saturated heterocycles. The summed E-state index contributed by atoms with van der Waals surface area (Å²) < 4.78 is 41.5. The Morgan fingerprint density at radius 2 is 1.93 bits per heavy atom. The lowest BCUT2D eigenvalue weighted by molar-refractivity contribution is -0.207. The molecule has 0 aromatic heterocycles. The number of rotatable bonds is 2. The van der Waals surface area contributed by atoms with Gasteiger partial charge in [-0.25, -0.2) is 0 Å². The van der Waals surface area contributed by atoms with Crippen LogP contribution in [0, 0.1) is 6.92 Å². The van der Waals surface area contributed by atoms with Crippen LogP contribution in [0.15, 0.2) is 18.2 Å². The smallest absolute Gasteiger partial charge is 0.418 e. The Hall–Kier alpha value is -1.23. The molecule has 0 saturated carbocycles. The SMILES string of the molecule is COc1cc(C)ccc1C(O)C(F)(F)F. The molecule has 0 bridgehead atoms. The first kappa shape index (κ1) is 11.8. The first-order valence-electron chi connectivity index (χ1n) is 4.25. The van der Waals surface area contributed by atoms with E-state index < -0.39 is 12.3 Å². The van der Waals surface area contributed by atoms with E-state index in [1.807, 2.05) is 0 Å². The van der Waals surface area contributed by atoms with E-state index in [4.69, 9.17) is 9.84 Å². The van der Waals surface area contributed by atoms with E-state index in [-0.39, 0.29) is 11.3 Å². The Bertz CT molecular complexity index is 347. The van der Waals surface area contributed by atoms with E-state index in [2.05, 4.69) is 0 Å². The van der Waals surface area contributed by atoms with Crippen LogP contribution in [-0.4, -0.2) is 18.4 Å². The van der Waals surface area contributed by atoms with Crippen molar-refractivity contribution in [2.45, 2.75) is 19.2 Å². The number of hydrogen-bond acceptors (Lipinski definition) is 2. The normalized spacial score (nSPS) is 13.7. The molecule has 0 aliphatic heterocycles. The van der Waals surface area contributed by atoms with Crippen molar-refractivity contribution in [2.24, 2.45) is 0 Å². The van der Waals surface area contributed by atoms with Crippen LogP contribution in [-0.2, 0) is 0 Å². The van der Waals surface area contributed by atoms with Crippen molar-refractivity contribution < 1.29 is 23.0 Å². The number of alkyl halides is 3. The van der Waals surface area contributed by atoms with Crippen LogP contribution >= 0.6 is 0 Å². The number of aliphatic hydroxyl groups is 1. The van der Waals surface area contributed by atoms with Crippen LogP contribution in [0.25, 0.3) is 0 Å². The maximum Gasteiger partial charge on any atom is 0.418 e. The maximum atomic E-state index is 12.2. The number of ether oxygens (including phenoxy) is 1. The van der Waals surface area contributed by atoms with E-state index >= 15 is 0 Å². The molecule has 0 heterocycles. The molecule has 1 N–H and O–H groups in total. The molecule has 15 heavy (non-hydrogen) atoms. The van der Waals surface area contributed by atoms with Crippen molar-refractivity contribution in [3.05, 3.63) is 29.3 Å². The molecule has 0 fully saturated rings. The van der Waals surface area contributed by atoms with Crippen molar-refractivity contribution in [2.75, 3.05) is 7.11 Å². The zero-order valence-corrected chi connectivity index (χ0v) is 8.30. The second kappa shape index (κ2) is 4.10. The number of halogens is 3. The number of aryl methyl sites for hydroxylation is 1. The molecule has 2 nitrogen and oxygen atoms in total. The summed E-state index contributed by atoms with van der Waals surface area (Å²) in [5, 5.41) is 9.05. The Kier molecular flexibility index (Phi) is 3.24. The summed E-state index contributed by atoms with van der Waals surface area (Å²) in [6, 6.07) is 4.16. The highest BCUT2D eigenvalue weighted by molar-refractivity contribution is 5.39. The average molecular weight is 220 g/mol. The lowest BCUT2D eigenvalue weighted by Crippen LogP contribution is -2.20.